The summed E-state index contributed by atoms with van der Waals surface area (Å²) in [5, 5.41) is 20.9. The molecule has 0 radical (unpaired) electrons. The molecule has 120 valence electrons. The van der Waals surface area contributed by atoms with Gasteiger partial charge in [-0.15, -0.1) is 0 Å². The van der Waals surface area contributed by atoms with Gasteiger partial charge in [-0.1, -0.05) is 12.1 Å². The van der Waals surface area contributed by atoms with Crippen LogP contribution in [-0.2, 0) is 9.53 Å². The second kappa shape index (κ2) is 7.61. The Morgan fingerprint density at radius 3 is 2.29 bits per heavy atom. The van der Waals surface area contributed by atoms with Crippen molar-refractivity contribution in [3.05, 3.63) is 65.2 Å². The van der Waals surface area contributed by atoms with Crippen LogP contribution < -0.4 is 5.32 Å². The lowest BCUT2D eigenvalue weighted by Gasteiger charge is -2.04. The molecule has 24 heavy (non-hydrogen) atoms. The monoisotopic (exact) mass is 322 g/mol. The third kappa shape index (κ3) is 4.21. The highest BCUT2D eigenvalue weighted by Gasteiger charge is 2.10. The fourth-order valence-corrected chi connectivity index (χ4v) is 1.89. The number of esters is 1. The zero-order valence-corrected chi connectivity index (χ0v) is 12.8. The van der Waals surface area contributed by atoms with Crippen LogP contribution in [0, 0.1) is 11.3 Å². The maximum absolute atomic E-state index is 12.1. The van der Waals surface area contributed by atoms with Gasteiger partial charge in [0.25, 0.3) is 5.91 Å². The van der Waals surface area contributed by atoms with E-state index in [0.29, 0.717) is 16.8 Å². The van der Waals surface area contributed by atoms with E-state index >= 15 is 0 Å². The first-order chi connectivity index (χ1) is 11.5. The van der Waals surface area contributed by atoms with Crippen LogP contribution in [0.5, 0.6) is 5.75 Å². The van der Waals surface area contributed by atoms with Gasteiger partial charge >= 0.3 is 5.97 Å². The van der Waals surface area contributed by atoms with Gasteiger partial charge < -0.3 is 15.2 Å². The molecule has 0 saturated carbocycles. The molecule has 2 aromatic carbocycles. The molecule has 0 atom stereocenters. The first kappa shape index (κ1) is 16.8. The lowest BCUT2D eigenvalue weighted by Crippen LogP contribution is -2.13. The fraction of sp³-hybridized carbons (Fsp3) is 0.0556. The van der Waals surface area contributed by atoms with E-state index in [1.54, 1.807) is 24.3 Å². The molecule has 6 nitrogen and oxygen atoms in total. The molecule has 2 rings (SSSR count). The van der Waals surface area contributed by atoms with Gasteiger partial charge in [0.15, 0.2) is 0 Å². The van der Waals surface area contributed by atoms with Gasteiger partial charge in [-0.2, -0.15) is 5.26 Å². The zero-order chi connectivity index (χ0) is 17.5. The molecule has 0 aliphatic heterocycles. The Morgan fingerprint density at radius 2 is 1.75 bits per heavy atom. The van der Waals surface area contributed by atoms with E-state index in [-0.39, 0.29) is 11.3 Å². The number of carbonyl (C=O) groups is 2. The molecule has 2 N–H and O–H groups in total. The van der Waals surface area contributed by atoms with Crippen molar-refractivity contribution < 1.29 is 19.4 Å². The average Bonchev–Trinajstić information content (AvgIpc) is 2.61. The molecule has 0 unspecified atom stereocenters. The molecule has 0 fully saturated rings. The number of nitrogens with zero attached hydrogens (tertiary/aromatic N) is 1. The number of nitrogens with one attached hydrogen (secondary N) is 1. The number of hydrogen-bond donors (Lipinski definition) is 2. The van der Waals surface area contributed by atoms with Crippen molar-refractivity contribution in [2.24, 2.45) is 0 Å². The Balaban J connectivity index is 2.16. The first-order valence-electron chi connectivity index (χ1n) is 6.94. The van der Waals surface area contributed by atoms with Crippen molar-refractivity contribution in [1.82, 2.24) is 0 Å². The number of carbonyl (C=O) groups excluding carboxylic acids is 2. The standard InChI is InChI=1S/C18H14N2O4/c1-24-18(23)13-4-2-12(3-5-13)10-14(11-19)17(22)20-15-6-8-16(21)9-7-15/h2-10,21H,1H3,(H,20,22)/b14-10-. The van der Waals surface area contributed by atoms with Gasteiger partial charge in [-0.05, 0) is 48.0 Å². The van der Waals surface area contributed by atoms with Gasteiger partial charge in [0, 0.05) is 5.69 Å². The number of amides is 1. The Hall–Kier alpha value is -3.59. The molecular formula is C18H14N2O4. The number of methoxy groups -OCH3 is 1. The highest BCUT2D eigenvalue weighted by atomic mass is 16.5. The summed E-state index contributed by atoms with van der Waals surface area (Å²) >= 11 is 0. The summed E-state index contributed by atoms with van der Waals surface area (Å²) in [7, 11) is 1.29. The predicted molar refractivity (Wildman–Crippen MR) is 88.1 cm³/mol. The van der Waals surface area contributed by atoms with Crippen LogP contribution in [0.25, 0.3) is 6.08 Å². The van der Waals surface area contributed by atoms with Crippen LogP contribution in [0.15, 0.2) is 54.1 Å². The van der Waals surface area contributed by atoms with Crippen molar-refractivity contribution in [3.63, 3.8) is 0 Å². The van der Waals surface area contributed by atoms with Gasteiger partial charge in [-0.25, -0.2) is 4.79 Å². The van der Waals surface area contributed by atoms with Crippen LogP contribution >= 0.6 is 0 Å². The quantitative estimate of drug-likeness (QED) is 0.390. The summed E-state index contributed by atoms with van der Waals surface area (Å²) in [6.45, 7) is 0. The second-order valence-corrected chi connectivity index (χ2v) is 4.78. The maximum Gasteiger partial charge on any atom is 0.337 e. The van der Waals surface area contributed by atoms with E-state index in [2.05, 4.69) is 10.1 Å². The summed E-state index contributed by atoms with van der Waals surface area (Å²) in [5.41, 5.74) is 1.34. The predicted octanol–water partition coefficient (Wildman–Crippen LogP) is 2.72. The lowest BCUT2D eigenvalue weighted by molar-refractivity contribution is -0.112. The molecular weight excluding hydrogens is 308 g/mol. The Bertz CT molecular complexity index is 816. The number of nitriles is 1. The Labute approximate surface area is 138 Å². The van der Waals surface area contributed by atoms with E-state index in [9.17, 15) is 14.7 Å². The minimum absolute atomic E-state index is 0.0785. The average molecular weight is 322 g/mol. The highest BCUT2D eigenvalue weighted by molar-refractivity contribution is 6.09. The van der Waals surface area contributed by atoms with Crippen molar-refractivity contribution in [2.75, 3.05) is 12.4 Å². The molecule has 2 aromatic rings. The molecule has 0 aliphatic carbocycles. The SMILES string of the molecule is COC(=O)c1ccc(/C=C(/C#N)C(=O)Nc2ccc(O)cc2)cc1. The van der Waals surface area contributed by atoms with Crippen molar-refractivity contribution in [3.8, 4) is 11.8 Å². The third-order valence-corrected chi connectivity index (χ3v) is 3.13. The molecule has 0 aliphatic rings. The van der Waals surface area contributed by atoms with Crippen molar-refractivity contribution in [2.45, 2.75) is 0 Å². The number of anilines is 1. The van der Waals surface area contributed by atoms with E-state index in [1.165, 1.54) is 37.5 Å². The summed E-state index contributed by atoms with van der Waals surface area (Å²) < 4.78 is 4.60. The Kier molecular flexibility index (Phi) is 5.32. The highest BCUT2D eigenvalue weighted by Crippen LogP contribution is 2.15. The van der Waals surface area contributed by atoms with Crippen LogP contribution in [0.3, 0.4) is 0 Å². The van der Waals surface area contributed by atoms with Crippen LogP contribution in [0.2, 0.25) is 0 Å². The number of rotatable bonds is 4. The molecule has 0 bridgehead atoms. The number of ether oxygens (including phenoxy) is 1. The topological polar surface area (TPSA) is 99.4 Å². The number of hydrogen-bond acceptors (Lipinski definition) is 5. The minimum atomic E-state index is -0.569. The smallest absolute Gasteiger partial charge is 0.337 e. The number of aromatic hydroxyl groups is 1. The second-order valence-electron chi connectivity index (χ2n) is 4.78. The van der Waals surface area contributed by atoms with E-state index < -0.39 is 11.9 Å². The molecule has 0 heterocycles. The number of phenolic OH excluding ortho intramolecular Hbond substituents is 1. The largest absolute Gasteiger partial charge is 0.508 e. The normalized spacial score (nSPS) is 10.6. The van der Waals surface area contributed by atoms with E-state index in [0.717, 1.165) is 0 Å². The molecule has 0 saturated heterocycles. The number of benzene rings is 2. The van der Waals surface area contributed by atoms with Gasteiger partial charge in [0.1, 0.15) is 17.4 Å². The van der Waals surface area contributed by atoms with E-state index in [1.807, 2.05) is 6.07 Å². The molecule has 6 heteroatoms. The van der Waals surface area contributed by atoms with E-state index in [4.69, 9.17) is 5.26 Å². The fourth-order valence-electron chi connectivity index (χ4n) is 1.89. The summed E-state index contributed by atoms with van der Waals surface area (Å²) in [6, 6.07) is 14.0. The van der Waals surface area contributed by atoms with Crippen LogP contribution in [0.4, 0.5) is 5.69 Å². The van der Waals surface area contributed by atoms with Gasteiger partial charge in [0.2, 0.25) is 0 Å². The van der Waals surface area contributed by atoms with Gasteiger partial charge in [-0.3, -0.25) is 4.79 Å². The minimum Gasteiger partial charge on any atom is -0.508 e. The van der Waals surface area contributed by atoms with Crippen LogP contribution in [0.1, 0.15) is 15.9 Å². The first-order valence-corrected chi connectivity index (χ1v) is 6.94. The third-order valence-electron chi connectivity index (χ3n) is 3.13. The summed E-state index contributed by atoms with van der Waals surface area (Å²) in [5.74, 6) is -0.953. The maximum atomic E-state index is 12.1. The summed E-state index contributed by atoms with van der Waals surface area (Å²) in [4.78, 5) is 23.5. The van der Waals surface area contributed by atoms with Crippen molar-refractivity contribution >= 4 is 23.6 Å². The van der Waals surface area contributed by atoms with Gasteiger partial charge in [0.05, 0.1) is 12.7 Å². The van der Waals surface area contributed by atoms with Crippen LogP contribution in [-0.4, -0.2) is 24.1 Å². The molecule has 1 amide bonds. The summed E-state index contributed by atoms with van der Waals surface area (Å²) in [6.07, 6.45) is 1.41. The molecule has 0 aromatic heterocycles. The Morgan fingerprint density at radius 1 is 1.12 bits per heavy atom. The number of phenols is 1. The van der Waals surface area contributed by atoms with Crippen molar-refractivity contribution in [1.29, 1.82) is 5.26 Å². The zero-order valence-electron chi connectivity index (χ0n) is 12.8. The molecule has 0 spiro atoms. The lowest BCUT2D eigenvalue weighted by atomic mass is 10.1.